The summed E-state index contributed by atoms with van der Waals surface area (Å²) in [6.45, 7) is 1.89. The fourth-order valence-corrected chi connectivity index (χ4v) is 2.82. The van der Waals surface area contributed by atoms with Crippen molar-refractivity contribution in [2.45, 2.75) is 25.6 Å². The van der Waals surface area contributed by atoms with Gasteiger partial charge in [-0.05, 0) is 53.3 Å². The van der Waals surface area contributed by atoms with Crippen LogP contribution in [0.2, 0.25) is 0 Å². The third-order valence-corrected chi connectivity index (χ3v) is 4.14. The molecular formula is C20H20O3. The number of phenols is 1. The van der Waals surface area contributed by atoms with Crippen LogP contribution in [0.25, 0.3) is 5.57 Å². The van der Waals surface area contributed by atoms with Gasteiger partial charge in [-0.2, -0.15) is 0 Å². The number of rotatable bonds is 3. The lowest BCUT2D eigenvalue weighted by Gasteiger charge is -2.21. The van der Waals surface area contributed by atoms with Crippen LogP contribution in [0.1, 0.15) is 28.7 Å². The topological polar surface area (TPSA) is 60.7 Å². The van der Waals surface area contributed by atoms with E-state index in [1.165, 1.54) is 6.08 Å². The van der Waals surface area contributed by atoms with Gasteiger partial charge in [0.05, 0.1) is 0 Å². The second-order valence-corrected chi connectivity index (χ2v) is 6.03. The summed E-state index contributed by atoms with van der Waals surface area (Å²) >= 11 is 0. The van der Waals surface area contributed by atoms with Crippen LogP contribution in [0, 0.1) is 6.92 Å². The van der Waals surface area contributed by atoms with Gasteiger partial charge in [0.1, 0.15) is 5.75 Å². The van der Waals surface area contributed by atoms with Crippen LogP contribution in [0.4, 0.5) is 0 Å². The van der Waals surface area contributed by atoms with E-state index in [0.717, 1.165) is 34.2 Å². The first kappa shape index (κ1) is 15.5. The molecule has 0 saturated heterocycles. The van der Waals surface area contributed by atoms with E-state index >= 15 is 0 Å². The molecule has 1 aliphatic rings. The Morgan fingerprint density at radius 3 is 2.57 bits per heavy atom. The van der Waals surface area contributed by atoms with Gasteiger partial charge in [-0.25, -0.2) is 0 Å². The van der Waals surface area contributed by atoms with Crippen LogP contribution >= 0.6 is 0 Å². The van der Waals surface area contributed by atoms with Crippen molar-refractivity contribution >= 4 is 5.57 Å². The highest BCUT2D eigenvalue weighted by Gasteiger charge is 2.21. The minimum atomic E-state index is -1.74. The number of hydrogen-bond acceptors (Lipinski definition) is 3. The summed E-state index contributed by atoms with van der Waals surface area (Å²) in [6, 6.07) is 13.7. The molecule has 118 valence electrons. The summed E-state index contributed by atoms with van der Waals surface area (Å²) in [4.78, 5) is 0. The van der Waals surface area contributed by atoms with Gasteiger partial charge in [0.15, 0.2) is 5.79 Å². The van der Waals surface area contributed by atoms with E-state index in [9.17, 15) is 15.3 Å². The monoisotopic (exact) mass is 308 g/mol. The third-order valence-electron chi connectivity index (χ3n) is 4.14. The molecule has 0 atom stereocenters. The average molecular weight is 308 g/mol. The Morgan fingerprint density at radius 1 is 1.09 bits per heavy atom. The minimum absolute atomic E-state index is 0.186. The second-order valence-electron chi connectivity index (χ2n) is 6.03. The molecule has 0 aliphatic heterocycles. The average Bonchev–Trinajstić information content (AvgIpc) is 2.52. The summed E-state index contributed by atoms with van der Waals surface area (Å²) in [6.07, 6.45) is 5.96. The molecule has 2 aromatic rings. The van der Waals surface area contributed by atoms with Gasteiger partial charge >= 0.3 is 0 Å². The third kappa shape index (κ3) is 3.52. The summed E-state index contributed by atoms with van der Waals surface area (Å²) < 4.78 is 0. The molecule has 0 amide bonds. The van der Waals surface area contributed by atoms with E-state index in [0.29, 0.717) is 5.75 Å². The quantitative estimate of drug-likeness (QED) is 0.762. The van der Waals surface area contributed by atoms with Crippen LogP contribution in [0.3, 0.4) is 0 Å². The normalized spacial score (nSPS) is 16.2. The van der Waals surface area contributed by atoms with Crippen LogP contribution in [-0.4, -0.2) is 21.1 Å². The number of hydrogen-bond donors (Lipinski definition) is 3. The van der Waals surface area contributed by atoms with Crippen molar-refractivity contribution in [3.63, 3.8) is 0 Å². The molecule has 0 bridgehead atoms. The summed E-state index contributed by atoms with van der Waals surface area (Å²) in [5.41, 5.74) is 5.24. The fourth-order valence-electron chi connectivity index (χ4n) is 2.82. The Bertz CT molecular complexity index is 785. The number of aromatic hydroxyl groups is 1. The molecule has 2 aromatic carbocycles. The molecule has 0 heterocycles. The van der Waals surface area contributed by atoms with E-state index in [1.54, 1.807) is 12.1 Å². The smallest absolute Gasteiger partial charge is 0.186 e. The molecule has 0 radical (unpaired) electrons. The maximum absolute atomic E-state index is 9.65. The van der Waals surface area contributed by atoms with E-state index < -0.39 is 5.79 Å². The maximum atomic E-state index is 9.65. The first-order valence-corrected chi connectivity index (χ1v) is 7.65. The van der Waals surface area contributed by atoms with Crippen molar-refractivity contribution in [1.29, 1.82) is 0 Å². The second kappa shape index (κ2) is 6.03. The zero-order chi connectivity index (χ0) is 16.4. The predicted octanol–water partition coefficient (Wildman–Crippen LogP) is 3.32. The van der Waals surface area contributed by atoms with Crippen molar-refractivity contribution < 1.29 is 15.3 Å². The number of benzene rings is 2. The zero-order valence-electron chi connectivity index (χ0n) is 13.0. The van der Waals surface area contributed by atoms with E-state index in [-0.39, 0.29) is 6.42 Å². The van der Waals surface area contributed by atoms with Gasteiger partial charge in [0, 0.05) is 6.42 Å². The molecule has 1 aliphatic carbocycles. The Kier molecular flexibility index (Phi) is 4.07. The SMILES string of the molecule is Cc1cc(Cc2ccccc2C2=CCC(O)(O)C=C2)ccc1O. The van der Waals surface area contributed by atoms with Crippen LogP contribution in [0.5, 0.6) is 5.75 Å². The van der Waals surface area contributed by atoms with Crippen molar-refractivity contribution in [1.82, 2.24) is 0 Å². The standard InChI is InChI=1S/C20H20O3/c1-14-12-15(6-7-19(14)21)13-17-4-2-3-5-18(17)16-8-10-20(22,23)11-9-16/h2-10,12,21-23H,11,13H2,1H3. The molecule has 0 unspecified atom stereocenters. The molecule has 0 aromatic heterocycles. The minimum Gasteiger partial charge on any atom is -0.508 e. The summed E-state index contributed by atoms with van der Waals surface area (Å²) in [7, 11) is 0. The maximum Gasteiger partial charge on any atom is 0.186 e. The summed E-state index contributed by atoms with van der Waals surface area (Å²) in [5.74, 6) is -1.44. The Labute approximate surface area is 135 Å². The number of aliphatic hydroxyl groups is 2. The fraction of sp³-hybridized carbons (Fsp3) is 0.200. The van der Waals surface area contributed by atoms with Gasteiger partial charge < -0.3 is 15.3 Å². The van der Waals surface area contributed by atoms with Gasteiger partial charge in [0.25, 0.3) is 0 Å². The first-order valence-electron chi connectivity index (χ1n) is 7.65. The number of allylic oxidation sites excluding steroid dienone is 2. The van der Waals surface area contributed by atoms with E-state index in [1.807, 2.05) is 43.3 Å². The molecule has 23 heavy (non-hydrogen) atoms. The molecule has 3 rings (SSSR count). The lowest BCUT2D eigenvalue weighted by Crippen LogP contribution is -2.25. The Morgan fingerprint density at radius 2 is 1.87 bits per heavy atom. The van der Waals surface area contributed by atoms with Crippen molar-refractivity contribution in [3.8, 4) is 5.75 Å². The first-order chi connectivity index (χ1) is 10.9. The largest absolute Gasteiger partial charge is 0.508 e. The Balaban J connectivity index is 1.91. The molecule has 0 saturated carbocycles. The van der Waals surface area contributed by atoms with Gasteiger partial charge in [0.2, 0.25) is 0 Å². The molecule has 3 heteroatoms. The highest BCUT2D eigenvalue weighted by molar-refractivity contribution is 5.77. The van der Waals surface area contributed by atoms with E-state index in [2.05, 4.69) is 6.07 Å². The summed E-state index contributed by atoms with van der Waals surface area (Å²) in [5, 5.41) is 28.9. The van der Waals surface area contributed by atoms with Crippen LogP contribution in [-0.2, 0) is 6.42 Å². The Hall–Kier alpha value is -2.36. The molecule has 0 fully saturated rings. The predicted molar refractivity (Wildman–Crippen MR) is 91.0 cm³/mol. The van der Waals surface area contributed by atoms with E-state index in [4.69, 9.17) is 0 Å². The zero-order valence-corrected chi connectivity index (χ0v) is 13.0. The van der Waals surface area contributed by atoms with Crippen LogP contribution < -0.4 is 0 Å². The van der Waals surface area contributed by atoms with Gasteiger partial charge in [-0.3, -0.25) is 0 Å². The molecule has 3 nitrogen and oxygen atoms in total. The van der Waals surface area contributed by atoms with Crippen molar-refractivity contribution in [2.24, 2.45) is 0 Å². The molecule has 0 spiro atoms. The molecular weight excluding hydrogens is 288 g/mol. The lowest BCUT2D eigenvalue weighted by atomic mass is 9.90. The van der Waals surface area contributed by atoms with Crippen LogP contribution in [0.15, 0.2) is 60.7 Å². The highest BCUT2D eigenvalue weighted by atomic mass is 16.5. The number of phenolic OH excluding ortho intramolecular Hbond substituents is 1. The lowest BCUT2D eigenvalue weighted by molar-refractivity contribution is -0.114. The van der Waals surface area contributed by atoms with Gasteiger partial charge in [-0.15, -0.1) is 0 Å². The number of aryl methyl sites for hydroxylation is 1. The van der Waals surface area contributed by atoms with Crippen molar-refractivity contribution in [3.05, 3.63) is 82.9 Å². The van der Waals surface area contributed by atoms with Gasteiger partial charge in [-0.1, -0.05) is 48.6 Å². The highest BCUT2D eigenvalue weighted by Crippen LogP contribution is 2.29. The van der Waals surface area contributed by atoms with Crippen molar-refractivity contribution in [2.75, 3.05) is 0 Å². The molecule has 3 N–H and O–H groups in total.